The minimum Gasteiger partial charge on any atom is -0.495 e. The second-order valence-corrected chi connectivity index (χ2v) is 4.77. The van der Waals surface area contributed by atoms with Gasteiger partial charge in [0.05, 0.1) is 17.2 Å². The van der Waals surface area contributed by atoms with Gasteiger partial charge in [-0.1, -0.05) is 23.2 Å². The van der Waals surface area contributed by atoms with E-state index >= 15 is 0 Å². The van der Waals surface area contributed by atoms with E-state index in [1.54, 1.807) is 0 Å². The number of methoxy groups -OCH3 is 1. The van der Waals surface area contributed by atoms with Crippen LogP contribution in [0.2, 0.25) is 10.0 Å². The van der Waals surface area contributed by atoms with Gasteiger partial charge in [-0.05, 0) is 18.2 Å². The van der Waals surface area contributed by atoms with Gasteiger partial charge in [-0.25, -0.2) is 8.78 Å². The largest absolute Gasteiger partial charge is 0.495 e. The lowest BCUT2D eigenvalue weighted by atomic mass is 10.0. The molecule has 0 spiro atoms. The summed E-state index contributed by atoms with van der Waals surface area (Å²) < 4.78 is 31.2. The molecule has 0 amide bonds. The van der Waals surface area contributed by atoms with Crippen molar-refractivity contribution in [3.05, 3.63) is 63.1 Å². The Balaban J connectivity index is 2.50. The summed E-state index contributed by atoms with van der Waals surface area (Å²) in [7, 11) is 1.40. The zero-order valence-electron chi connectivity index (χ0n) is 10.2. The van der Waals surface area contributed by atoms with Crippen LogP contribution in [0.15, 0.2) is 30.3 Å². The fourth-order valence-corrected chi connectivity index (χ4v) is 2.18. The molecular weight excluding hydrogens is 309 g/mol. The molecule has 0 bridgehead atoms. The molecule has 0 unspecified atom stereocenters. The van der Waals surface area contributed by atoms with Gasteiger partial charge in [-0.15, -0.1) is 0 Å². The molecule has 0 saturated carbocycles. The second kappa shape index (κ2) is 5.77. The van der Waals surface area contributed by atoms with Crippen molar-refractivity contribution >= 4 is 29.0 Å². The molecule has 0 atom stereocenters. The van der Waals surface area contributed by atoms with E-state index in [0.29, 0.717) is 11.8 Å². The lowest BCUT2D eigenvalue weighted by Crippen LogP contribution is -2.04. The van der Waals surface area contributed by atoms with Crippen LogP contribution in [0.3, 0.4) is 0 Å². The first-order valence-electron chi connectivity index (χ1n) is 5.46. The van der Waals surface area contributed by atoms with Gasteiger partial charge >= 0.3 is 0 Å². The molecule has 0 aliphatic heterocycles. The maximum atomic E-state index is 13.1. The van der Waals surface area contributed by atoms with Crippen molar-refractivity contribution in [3.63, 3.8) is 0 Å². The molecule has 0 saturated heterocycles. The Hall–Kier alpha value is -1.65. The Morgan fingerprint density at radius 2 is 1.60 bits per heavy atom. The summed E-state index contributed by atoms with van der Waals surface area (Å²) in [5.74, 6) is -2.01. The van der Waals surface area contributed by atoms with E-state index in [2.05, 4.69) is 0 Å². The van der Waals surface area contributed by atoms with Crippen LogP contribution in [0, 0.1) is 11.6 Å². The average molecular weight is 317 g/mol. The van der Waals surface area contributed by atoms with E-state index in [-0.39, 0.29) is 21.2 Å². The number of ketones is 1. The van der Waals surface area contributed by atoms with Crippen LogP contribution in [0.1, 0.15) is 15.9 Å². The van der Waals surface area contributed by atoms with Gasteiger partial charge in [-0.2, -0.15) is 0 Å². The molecule has 0 heterocycles. The van der Waals surface area contributed by atoms with Crippen molar-refractivity contribution in [2.24, 2.45) is 0 Å². The topological polar surface area (TPSA) is 26.3 Å². The van der Waals surface area contributed by atoms with Crippen LogP contribution in [0.25, 0.3) is 0 Å². The Morgan fingerprint density at radius 3 is 2.15 bits per heavy atom. The lowest BCUT2D eigenvalue weighted by Gasteiger charge is -2.08. The Bertz CT molecular complexity index is 667. The fraction of sp³-hybridized carbons (Fsp3) is 0.0714. The van der Waals surface area contributed by atoms with Gasteiger partial charge in [0.15, 0.2) is 5.78 Å². The molecule has 0 aromatic heterocycles. The summed E-state index contributed by atoms with van der Waals surface area (Å²) in [4.78, 5) is 12.2. The minimum absolute atomic E-state index is 0.0440. The summed E-state index contributed by atoms with van der Waals surface area (Å²) in [6, 6.07) is 5.21. The zero-order chi connectivity index (χ0) is 14.9. The highest BCUT2D eigenvalue weighted by atomic mass is 35.5. The SMILES string of the molecule is COc1cc(Cl)c(C(=O)c2cc(F)cc(F)c2)cc1Cl. The van der Waals surface area contributed by atoms with Gasteiger partial charge in [0.25, 0.3) is 0 Å². The zero-order valence-corrected chi connectivity index (χ0v) is 11.7. The third-order valence-electron chi connectivity index (χ3n) is 2.61. The molecule has 2 aromatic carbocycles. The summed E-state index contributed by atoms with van der Waals surface area (Å²) in [5, 5.41) is 0.262. The summed E-state index contributed by atoms with van der Waals surface area (Å²) >= 11 is 11.9. The molecule has 2 rings (SSSR count). The van der Waals surface area contributed by atoms with Crippen LogP contribution < -0.4 is 4.74 Å². The Kier molecular flexibility index (Phi) is 4.26. The van der Waals surface area contributed by atoms with Crippen LogP contribution in [-0.2, 0) is 0 Å². The lowest BCUT2D eigenvalue weighted by molar-refractivity contribution is 0.103. The fourth-order valence-electron chi connectivity index (χ4n) is 1.70. The predicted octanol–water partition coefficient (Wildman–Crippen LogP) is 4.51. The average Bonchev–Trinajstić information content (AvgIpc) is 2.39. The van der Waals surface area contributed by atoms with Crippen LogP contribution in [0.4, 0.5) is 8.78 Å². The highest BCUT2D eigenvalue weighted by Crippen LogP contribution is 2.32. The first-order valence-corrected chi connectivity index (χ1v) is 6.22. The van der Waals surface area contributed by atoms with E-state index in [1.807, 2.05) is 0 Å². The van der Waals surface area contributed by atoms with Gasteiger partial charge < -0.3 is 4.74 Å². The summed E-state index contributed by atoms with van der Waals surface area (Å²) in [6.45, 7) is 0. The Labute approximate surface area is 123 Å². The highest BCUT2D eigenvalue weighted by molar-refractivity contribution is 6.37. The van der Waals surface area contributed by atoms with E-state index in [4.69, 9.17) is 27.9 Å². The van der Waals surface area contributed by atoms with Crippen molar-refractivity contribution < 1.29 is 18.3 Å². The quantitative estimate of drug-likeness (QED) is 0.779. The van der Waals surface area contributed by atoms with Gasteiger partial charge in [0.1, 0.15) is 17.4 Å². The number of rotatable bonds is 3. The van der Waals surface area contributed by atoms with Crippen LogP contribution in [0.5, 0.6) is 5.75 Å². The van der Waals surface area contributed by atoms with E-state index in [1.165, 1.54) is 19.2 Å². The van der Waals surface area contributed by atoms with Crippen molar-refractivity contribution in [3.8, 4) is 5.75 Å². The second-order valence-electron chi connectivity index (χ2n) is 3.95. The van der Waals surface area contributed by atoms with Crippen molar-refractivity contribution in [2.45, 2.75) is 0 Å². The van der Waals surface area contributed by atoms with E-state index < -0.39 is 17.4 Å². The standard InChI is InChI=1S/C14H8Cl2F2O2/c1-20-13-6-11(15)10(5-12(13)16)14(19)7-2-8(17)4-9(18)3-7/h2-6H,1H3. The van der Waals surface area contributed by atoms with Crippen molar-refractivity contribution in [1.29, 1.82) is 0 Å². The van der Waals surface area contributed by atoms with Crippen molar-refractivity contribution in [2.75, 3.05) is 7.11 Å². The van der Waals surface area contributed by atoms with E-state index in [9.17, 15) is 13.6 Å². The number of hydrogen-bond donors (Lipinski definition) is 0. The minimum atomic E-state index is -0.843. The Morgan fingerprint density at radius 1 is 1.00 bits per heavy atom. The van der Waals surface area contributed by atoms with E-state index in [0.717, 1.165) is 12.1 Å². The predicted molar refractivity (Wildman–Crippen MR) is 72.8 cm³/mol. The maximum Gasteiger partial charge on any atom is 0.194 e. The van der Waals surface area contributed by atoms with Gasteiger partial charge in [0, 0.05) is 23.3 Å². The third kappa shape index (κ3) is 2.92. The smallest absolute Gasteiger partial charge is 0.194 e. The number of halogens is 4. The molecule has 2 aromatic rings. The molecule has 0 aliphatic carbocycles. The monoisotopic (exact) mass is 316 g/mol. The summed E-state index contributed by atoms with van der Waals surface area (Å²) in [6.07, 6.45) is 0. The third-order valence-corrected chi connectivity index (χ3v) is 3.22. The number of carbonyl (C=O) groups excluding carboxylic acids is 1. The van der Waals surface area contributed by atoms with Crippen LogP contribution >= 0.6 is 23.2 Å². The van der Waals surface area contributed by atoms with Gasteiger partial charge in [0.2, 0.25) is 0 Å². The van der Waals surface area contributed by atoms with Crippen LogP contribution in [-0.4, -0.2) is 12.9 Å². The van der Waals surface area contributed by atoms with Crippen molar-refractivity contribution in [1.82, 2.24) is 0 Å². The number of ether oxygens (including phenoxy) is 1. The molecule has 0 N–H and O–H groups in total. The highest BCUT2D eigenvalue weighted by Gasteiger charge is 2.17. The number of carbonyl (C=O) groups is 1. The van der Waals surface area contributed by atoms with Gasteiger partial charge in [-0.3, -0.25) is 4.79 Å². The molecule has 2 nitrogen and oxygen atoms in total. The maximum absolute atomic E-state index is 13.1. The first kappa shape index (κ1) is 14.8. The molecule has 104 valence electrons. The molecular formula is C14H8Cl2F2O2. The first-order chi connectivity index (χ1) is 9.42. The normalized spacial score (nSPS) is 10.4. The molecule has 0 fully saturated rings. The molecule has 0 radical (unpaired) electrons. The number of benzene rings is 2. The molecule has 20 heavy (non-hydrogen) atoms. The summed E-state index contributed by atoms with van der Waals surface area (Å²) in [5.41, 5.74) is -0.104. The number of hydrogen-bond acceptors (Lipinski definition) is 2. The molecule has 0 aliphatic rings. The molecule has 6 heteroatoms.